The van der Waals surface area contributed by atoms with Gasteiger partial charge in [-0.25, -0.2) is 0 Å². The number of hydrogen-bond acceptors (Lipinski definition) is 4. The third-order valence-electron chi connectivity index (χ3n) is 5.37. The van der Waals surface area contributed by atoms with Crippen LogP contribution in [0.25, 0.3) is 0 Å². The van der Waals surface area contributed by atoms with Crippen molar-refractivity contribution in [1.82, 2.24) is 4.90 Å². The number of imide groups is 1. The molecule has 0 N–H and O–H groups in total. The third-order valence-corrected chi connectivity index (χ3v) is 5.37. The Labute approximate surface area is 133 Å². The molecule has 1 aliphatic heterocycles. The lowest BCUT2D eigenvalue weighted by Crippen LogP contribution is -2.40. The van der Waals surface area contributed by atoms with Gasteiger partial charge >= 0.3 is 5.97 Å². The molecule has 2 bridgehead atoms. The highest BCUT2D eigenvalue weighted by Gasteiger charge is 2.51. The topological polar surface area (TPSA) is 63.7 Å². The lowest BCUT2D eigenvalue weighted by molar-refractivity contribution is -0.148. The van der Waals surface area contributed by atoms with E-state index in [9.17, 15) is 14.4 Å². The summed E-state index contributed by atoms with van der Waals surface area (Å²) in [6.07, 6.45) is 5.06. The molecule has 2 aliphatic carbocycles. The molecule has 4 rings (SSSR count). The lowest BCUT2D eigenvalue weighted by Gasteiger charge is -2.29. The van der Waals surface area contributed by atoms with Gasteiger partial charge in [-0.1, -0.05) is 24.3 Å². The van der Waals surface area contributed by atoms with Crippen LogP contribution in [-0.2, 0) is 9.53 Å². The first-order valence-corrected chi connectivity index (χ1v) is 7.83. The van der Waals surface area contributed by atoms with Crippen molar-refractivity contribution in [1.29, 1.82) is 0 Å². The SMILES string of the molecule is COC(=O)C1C2C=CC(C2)C1CN1C(=O)c2ccccc2C1=O. The largest absolute Gasteiger partial charge is 0.469 e. The number of fused-ring (bicyclic) bond motifs is 3. The number of allylic oxidation sites excluding steroid dienone is 2. The summed E-state index contributed by atoms with van der Waals surface area (Å²) in [4.78, 5) is 38.5. The highest BCUT2D eigenvalue weighted by atomic mass is 16.5. The lowest BCUT2D eigenvalue weighted by atomic mass is 9.82. The van der Waals surface area contributed by atoms with Crippen molar-refractivity contribution >= 4 is 17.8 Å². The number of benzene rings is 1. The second kappa shape index (κ2) is 5.05. The smallest absolute Gasteiger partial charge is 0.309 e. The first kappa shape index (κ1) is 14.2. The molecular weight excluding hydrogens is 294 g/mol. The first-order chi connectivity index (χ1) is 11.1. The van der Waals surface area contributed by atoms with Gasteiger partial charge in [-0.2, -0.15) is 0 Å². The third kappa shape index (κ3) is 1.96. The van der Waals surface area contributed by atoms with Crippen LogP contribution in [0.2, 0.25) is 0 Å². The van der Waals surface area contributed by atoms with Crippen LogP contribution in [0, 0.1) is 23.7 Å². The van der Waals surface area contributed by atoms with Gasteiger partial charge < -0.3 is 4.74 Å². The summed E-state index contributed by atoms with van der Waals surface area (Å²) in [6.45, 7) is 0.275. The molecule has 0 radical (unpaired) electrons. The number of methoxy groups -OCH3 is 1. The predicted molar refractivity (Wildman–Crippen MR) is 81.5 cm³/mol. The molecule has 1 aromatic carbocycles. The quantitative estimate of drug-likeness (QED) is 0.486. The van der Waals surface area contributed by atoms with Crippen LogP contribution in [0.1, 0.15) is 27.1 Å². The molecule has 5 nitrogen and oxygen atoms in total. The van der Waals surface area contributed by atoms with Gasteiger partial charge in [0.15, 0.2) is 0 Å². The minimum Gasteiger partial charge on any atom is -0.469 e. The van der Waals surface area contributed by atoms with Crippen LogP contribution >= 0.6 is 0 Å². The van der Waals surface area contributed by atoms with Crippen LogP contribution in [0.15, 0.2) is 36.4 Å². The number of hydrogen-bond donors (Lipinski definition) is 0. The van der Waals surface area contributed by atoms with E-state index in [-0.39, 0.29) is 48.0 Å². The molecule has 0 saturated heterocycles. The maximum absolute atomic E-state index is 12.5. The van der Waals surface area contributed by atoms with E-state index in [1.807, 2.05) is 0 Å². The second-order valence-electron chi connectivity index (χ2n) is 6.43. The van der Waals surface area contributed by atoms with Crippen molar-refractivity contribution in [3.63, 3.8) is 0 Å². The normalized spacial score (nSPS) is 30.9. The Morgan fingerprint density at radius 2 is 1.74 bits per heavy atom. The number of carbonyl (C=O) groups is 3. The molecule has 0 spiro atoms. The van der Waals surface area contributed by atoms with Gasteiger partial charge in [0.1, 0.15) is 0 Å². The number of esters is 1. The monoisotopic (exact) mass is 311 g/mol. The summed E-state index contributed by atoms with van der Waals surface area (Å²) in [5.74, 6) is -0.703. The minimum atomic E-state index is -0.265. The number of rotatable bonds is 3. The van der Waals surface area contributed by atoms with E-state index in [1.165, 1.54) is 12.0 Å². The van der Waals surface area contributed by atoms with E-state index in [2.05, 4.69) is 12.2 Å². The molecule has 2 amide bonds. The van der Waals surface area contributed by atoms with Crippen molar-refractivity contribution in [2.24, 2.45) is 23.7 Å². The fraction of sp³-hybridized carbons (Fsp3) is 0.389. The summed E-state index contributed by atoms with van der Waals surface area (Å²) >= 11 is 0. The van der Waals surface area contributed by atoms with Gasteiger partial charge in [0.05, 0.1) is 24.2 Å². The van der Waals surface area contributed by atoms with E-state index in [0.29, 0.717) is 11.1 Å². The van der Waals surface area contributed by atoms with Gasteiger partial charge in [-0.05, 0) is 36.3 Å². The summed E-state index contributed by atoms with van der Waals surface area (Å²) in [5, 5.41) is 0. The van der Waals surface area contributed by atoms with E-state index in [1.54, 1.807) is 24.3 Å². The van der Waals surface area contributed by atoms with Gasteiger partial charge in [0.25, 0.3) is 11.8 Å². The highest BCUT2D eigenvalue weighted by Crippen LogP contribution is 2.49. The standard InChI is InChI=1S/C18H17NO4/c1-23-18(22)15-11-7-6-10(8-11)14(15)9-19-16(20)12-4-2-3-5-13(12)17(19)21/h2-7,10-11,14-15H,8-9H2,1H3. The second-order valence-corrected chi connectivity index (χ2v) is 6.43. The molecule has 23 heavy (non-hydrogen) atoms. The molecule has 5 heteroatoms. The molecule has 118 valence electrons. The Balaban J connectivity index is 1.61. The van der Waals surface area contributed by atoms with Gasteiger partial charge in [0, 0.05) is 6.54 Å². The van der Waals surface area contributed by atoms with Crippen molar-refractivity contribution in [2.75, 3.05) is 13.7 Å². The van der Waals surface area contributed by atoms with Crippen molar-refractivity contribution in [2.45, 2.75) is 6.42 Å². The molecule has 1 fully saturated rings. The maximum Gasteiger partial charge on any atom is 0.309 e. The van der Waals surface area contributed by atoms with Crippen LogP contribution in [0.5, 0.6) is 0 Å². The summed E-state index contributed by atoms with van der Waals surface area (Å²) in [6, 6.07) is 6.86. The van der Waals surface area contributed by atoms with Crippen LogP contribution in [0.3, 0.4) is 0 Å². The Morgan fingerprint density at radius 3 is 2.35 bits per heavy atom. The van der Waals surface area contributed by atoms with Crippen molar-refractivity contribution in [3.8, 4) is 0 Å². The molecule has 0 aromatic heterocycles. The number of carbonyl (C=O) groups excluding carboxylic acids is 3. The first-order valence-electron chi connectivity index (χ1n) is 7.83. The van der Waals surface area contributed by atoms with Gasteiger partial charge in [-0.3, -0.25) is 19.3 Å². The zero-order valence-electron chi connectivity index (χ0n) is 12.8. The van der Waals surface area contributed by atoms with Crippen LogP contribution < -0.4 is 0 Å². The highest BCUT2D eigenvalue weighted by molar-refractivity contribution is 6.21. The Morgan fingerprint density at radius 1 is 1.13 bits per heavy atom. The fourth-order valence-electron chi connectivity index (χ4n) is 4.27. The molecular formula is C18H17NO4. The van der Waals surface area contributed by atoms with Crippen LogP contribution in [0.4, 0.5) is 0 Å². The van der Waals surface area contributed by atoms with E-state index >= 15 is 0 Å². The van der Waals surface area contributed by atoms with Gasteiger partial charge in [0.2, 0.25) is 0 Å². The predicted octanol–water partition coefficient (Wildman–Crippen LogP) is 1.89. The van der Waals surface area contributed by atoms with Gasteiger partial charge in [-0.15, -0.1) is 0 Å². The Hall–Kier alpha value is -2.43. The Kier molecular flexibility index (Phi) is 3.11. The minimum absolute atomic E-state index is 0.0559. The van der Waals surface area contributed by atoms with Crippen LogP contribution in [-0.4, -0.2) is 36.3 Å². The molecule has 4 atom stereocenters. The molecule has 3 aliphatic rings. The van der Waals surface area contributed by atoms with Crippen molar-refractivity contribution < 1.29 is 19.1 Å². The van der Waals surface area contributed by atoms with E-state index in [4.69, 9.17) is 4.74 Å². The number of ether oxygens (including phenoxy) is 1. The van der Waals surface area contributed by atoms with Crippen molar-refractivity contribution in [3.05, 3.63) is 47.5 Å². The average Bonchev–Trinajstić information content (AvgIpc) is 3.24. The molecule has 1 saturated carbocycles. The summed E-state index contributed by atoms with van der Waals surface area (Å²) in [7, 11) is 1.39. The zero-order chi connectivity index (χ0) is 16.1. The Bertz CT molecular complexity index is 703. The number of amides is 2. The molecule has 1 aromatic rings. The summed E-state index contributed by atoms with van der Waals surface area (Å²) in [5.41, 5.74) is 0.900. The van der Waals surface area contributed by atoms with E-state index < -0.39 is 0 Å². The maximum atomic E-state index is 12.5. The zero-order valence-corrected chi connectivity index (χ0v) is 12.8. The fourth-order valence-corrected chi connectivity index (χ4v) is 4.27. The molecule has 4 unspecified atom stereocenters. The number of nitrogens with zero attached hydrogens (tertiary/aromatic N) is 1. The summed E-state index contributed by atoms with van der Waals surface area (Å²) < 4.78 is 4.94. The van der Waals surface area contributed by atoms with E-state index in [0.717, 1.165) is 6.42 Å². The average molecular weight is 311 g/mol. The molecule has 1 heterocycles.